The fourth-order valence-electron chi connectivity index (χ4n) is 7.13. The monoisotopic (exact) mass is 747 g/mol. The lowest BCUT2D eigenvalue weighted by molar-refractivity contribution is 0.0628. The Bertz CT molecular complexity index is 1990. The quantitative estimate of drug-likeness (QED) is 0.267. The first kappa shape index (κ1) is 37.5. The Kier molecular flexibility index (Phi) is 12.3. The van der Waals surface area contributed by atoms with Crippen molar-refractivity contribution < 1.29 is 30.8 Å². The predicted molar refractivity (Wildman–Crippen MR) is 198 cm³/mol. The van der Waals surface area contributed by atoms with E-state index >= 15 is 0 Å². The van der Waals surface area contributed by atoms with E-state index in [-0.39, 0.29) is 23.6 Å². The summed E-state index contributed by atoms with van der Waals surface area (Å²) < 4.78 is 49.7. The molecule has 0 bridgehead atoms. The summed E-state index contributed by atoms with van der Waals surface area (Å²) in [7, 11) is -3.41. The van der Waals surface area contributed by atoms with Crippen molar-refractivity contribution in [3.63, 3.8) is 0 Å². The number of furan rings is 1. The molecule has 4 aromatic rings. The van der Waals surface area contributed by atoms with Gasteiger partial charge in [0.25, 0.3) is 11.8 Å². The molecule has 14 heteroatoms. The third-order valence-electron chi connectivity index (χ3n) is 10.1. The Morgan fingerprint density at radius 2 is 1.35 bits per heavy atom. The number of piperazine rings is 1. The molecule has 0 atom stereocenters. The maximum absolute atomic E-state index is 13.4. The summed E-state index contributed by atoms with van der Waals surface area (Å²) >= 11 is -0.750. The van der Waals surface area contributed by atoms with Gasteiger partial charge in [-0.05, 0) is 80.1 Å². The van der Waals surface area contributed by atoms with Gasteiger partial charge in [0.05, 0.1) is 4.90 Å². The number of piperidine rings is 1. The van der Waals surface area contributed by atoms with Gasteiger partial charge in [-0.25, -0.2) is 8.42 Å². The Morgan fingerprint density at radius 3 is 1.96 bits per heavy atom. The third kappa shape index (κ3) is 9.22. The van der Waals surface area contributed by atoms with E-state index < -0.39 is 21.6 Å². The van der Waals surface area contributed by atoms with Crippen molar-refractivity contribution in [3.05, 3.63) is 101 Å². The number of hydrogen-bond donors (Lipinski definition) is 1. The van der Waals surface area contributed by atoms with Crippen LogP contribution in [0.1, 0.15) is 63.3 Å². The number of likely N-dealkylation sites (tertiary alicyclic amines) is 1. The number of aryl methyl sites for hydroxylation is 1. The maximum atomic E-state index is 13.4. The van der Waals surface area contributed by atoms with E-state index in [0.29, 0.717) is 42.2 Å². The molecule has 1 aromatic heterocycles. The van der Waals surface area contributed by atoms with Crippen LogP contribution in [-0.2, 0) is 34.7 Å². The van der Waals surface area contributed by atoms with E-state index in [0.717, 1.165) is 75.9 Å². The number of benzene rings is 3. The smallest absolute Gasteiger partial charge is 0.335 e. The summed E-state index contributed by atoms with van der Waals surface area (Å²) in [4.78, 5) is 33.5. The Morgan fingerprint density at radius 1 is 0.769 bits per heavy atom. The zero-order chi connectivity index (χ0) is 36.7. The highest BCUT2D eigenvalue weighted by molar-refractivity contribution is 7.89. The summed E-state index contributed by atoms with van der Waals surface area (Å²) in [6.45, 7) is 9.57. The number of nitrogens with one attached hydrogen (secondary N) is 1. The number of amides is 2. The lowest BCUT2D eigenvalue weighted by Crippen LogP contribution is -2.48. The Balaban J connectivity index is 0.00000150. The number of hydrogen-bond acceptors (Lipinski definition) is 9. The van der Waals surface area contributed by atoms with Crippen LogP contribution in [0, 0.1) is 6.92 Å². The largest absolute Gasteiger partial charge is 0.451 e. The summed E-state index contributed by atoms with van der Waals surface area (Å²) in [5, 5.41) is 3.87. The van der Waals surface area contributed by atoms with Crippen LogP contribution in [-0.4, -0.2) is 106 Å². The SMILES string of the molecule is Cc1ccc(CN2CCN(C(=O)c3ccc4oc(C(=O)NC5CCN(Cc6ccc(S(=O)(=O)N7CCCC7)cc6)CC5)cc4c3)CC2)cc1.O=S=O. The minimum absolute atomic E-state index is 0.00102. The molecule has 0 aliphatic carbocycles. The molecule has 0 radical (unpaired) electrons. The molecule has 1 N–H and O–H groups in total. The van der Waals surface area contributed by atoms with Crippen LogP contribution in [0.25, 0.3) is 11.0 Å². The van der Waals surface area contributed by atoms with E-state index in [4.69, 9.17) is 12.8 Å². The van der Waals surface area contributed by atoms with Crippen molar-refractivity contribution in [1.29, 1.82) is 0 Å². The van der Waals surface area contributed by atoms with E-state index in [2.05, 4.69) is 46.3 Å². The highest BCUT2D eigenvalue weighted by Crippen LogP contribution is 2.24. The number of carbonyl (C=O) groups is 2. The van der Waals surface area contributed by atoms with Gasteiger partial charge in [0.15, 0.2) is 5.76 Å². The average molecular weight is 748 g/mol. The summed E-state index contributed by atoms with van der Waals surface area (Å²) in [5.41, 5.74) is 4.79. The van der Waals surface area contributed by atoms with Crippen LogP contribution >= 0.6 is 0 Å². The molecule has 0 spiro atoms. The van der Waals surface area contributed by atoms with Gasteiger partial charge in [-0.3, -0.25) is 19.4 Å². The first-order chi connectivity index (χ1) is 25.1. The molecule has 3 aliphatic heterocycles. The number of carbonyl (C=O) groups excluding carboxylic acids is 2. The highest BCUT2D eigenvalue weighted by atomic mass is 32.2. The lowest BCUT2D eigenvalue weighted by Gasteiger charge is -2.34. The second kappa shape index (κ2) is 17.1. The molecule has 4 heterocycles. The highest BCUT2D eigenvalue weighted by Gasteiger charge is 2.28. The van der Waals surface area contributed by atoms with Gasteiger partial charge in [0.1, 0.15) is 5.58 Å². The van der Waals surface area contributed by atoms with Crippen LogP contribution in [0.3, 0.4) is 0 Å². The molecule has 3 fully saturated rings. The molecule has 3 aromatic carbocycles. The van der Waals surface area contributed by atoms with Crippen LogP contribution in [0.15, 0.2) is 82.1 Å². The Hall–Kier alpha value is -4.21. The molecular formula is C38H45N5O7S2. The molecule has 2 amide bonds. The fourth-order valence-corrected chi connectivity index (χ4v) is 8.64. The maximum Gasteiger partial charge on any atom is 0.335 e. The summed E-state index contributed by atoms with van der Waals surface area (Å²) in [6, 6.07) is 23.0. The zero-order valence-corrected chi connectivity index (χ0v) is 31.0. The molecule has 0 unspecified atom stereocenters. The van der Waals surface area contributed by atoms with Crippen molar-refractivity contribution in [1.82, 2.24) is 24.3 Å². The standard InChI is InChI=1S/C38H45N5O5S.O2S/c1-28-4-6-29(7-5-28)27-41-20-22-42(23-21-41)38(45)31-10-13-35-32(24-31)25-36(48-35)37(44)39-33-14-18-40(19-15-33)26-30-8-11-34(12-9-30)49(46,47)43-16-2-3-17-43;1-3-2/h4-13,24-25,33H,2-3,14-23,26-27H2,1H3,(H,39,44);. The van der Waals surface area contributed by atoms with Crippen molar-refractivity contribution in [2.24, 2.45) is 0 Å². The second-order valence-corrected chi connectivity index (χ2v) is 15.8. The van der Waals surface area contributed by atoms with Crippen LogP contribution < -0.4 is 5.32 Å². The number of nitrogens with zero attached hydrogens (tertiary/aromatic N) is 4. The molecule has 0 saturated carbocycles. The number of sulfonamides is 1. The van der Waals surface area contributed by atoms with E-state index in [1.54, 1.807) is 34.6 Å². The van der Waals surface area contributed by atoms with Gasteiger partial charge in [-0.15, -0.1) is 0 Å². The van der Waals surface area contributed by atoms with Crippen molar-refractivity contribution >= 4 is 44.4 Å². The third-order valence-corrected chi connectivity index (χ3v) is 12.0. The minimum atomic E-state index is -3.41. The molecular weight excluding hydrogens is 703 g/mol. The molecule has 7 rings (SSSR count). The van der Waals surface area contributed by atoms with Crippen LogP contribution in [0.4, 0.5) is 0 Å². The van der Waals surface area contributed by atoms with Crippen LogP contribution in [0.2, 0.25) is 0 Å². The average Bonchev–Trinajstić information content (AvgIpc) is 3.86. The zero-order valence-electron chi connectivity index (χ0n) is 29.4. The van der Waals surface area contributed by atoms with Crippen LogP contribution in [0.5, 0.6) is 0 Å². The lowest BCUT2D eigenvalue weighted by atomic mass is 10.0. The molecule has 52 heavy (non-hydrogen) atoms. The first-order valence-corrected chi connectivity index (χ1v) is 19.9. The summed E-state index contributed by atoms with van der Waals surface area (Å²) in [6.07, 6.45) is 3.46. The van der Waals surface area contributed by atoms with E-state index in [1.165, 1.54) is 11.1 Å². The van der Waals surface area contributed by atoms with Gasteiger partial charge < -0.3 is 14.6 Å². The molecule has 3 aliphatic rings. The topological polar surface area (TPSA) is 141 Å². The van der Waals surface area contributed by atoms with E-state index in [9.17, 15) is 18.0 Å². The normalized spacial score (nSPS) is 17.8. The molecule has 276 valence electrons. The van der Waals surface area contributed by atoms with Gasteiger partial charge in [0.2, 0.25) is 10.0 Å². The van der Waals surface area contributed by atoms with Gasteiger partial charge in [-0.1, -0.05) is 42.0 Å². The van der Waals surface area contributed by atoms with Crippen molar-refractivity contribution in [2.75, 3.05) is 52.4 Å². The van der Waals surface area contributed by atoms with Crippen molar-refractivity contribution in [3.8, 4) is 0 Å². The summed E-state index contributed by atoms with van der Waals surface area (Å²) in [5.74, 6) is -0.00310. The van der Waals surface area contributed by atoms with E-state index in [1.807, 2.05) is 23.1 Å². The van der Waals surface area contributed by atoms with Gasteiger partial charge in [-0.2, -0.15) is 12.7 Å². The van der Waals surface area contributed by atoms with Crippen molar-refractivity contribution in [2.45, 2.75) is 56.6 Å². The Labute approximate surface area is 308 Å². The predicted octanol–water partition coefficient (Wildman–Crippen LogP) is 4.21. The number of fused-ring (bicyclic) bond motifs is 1. The molecule has 12 nitrogen and oxygen atoms in total. The number of rotatable bonds is 9. The second-order valence-electron chi connectivity index (χ2n) is 13.8. The minimum Gasteiger partial charge on any atom is -0.451 e. The van der Waals surface area contributed by atoms with Gasteiger partial charge >= 0.3 is 11.6 Å². The molecule has 3 saturated heterocycles. The first-order valence-electron chi connectivity index (χ1n) is 17.8. The van der Waals surface area contributed by atoms with Gasteiger partial charge in [0, 0.05) is 82.4 Å². The fraction of sp³-hybridized carbons (Fsp3) is 0.421.